The average molecular weight is 543 g/mol. The van der Waals surface area contributed by atoms with Crippen molar-refractivity contribution >= 4 is 0 Å². The van der Waals surface area contributed by atoms with Crippen molar-refractivity contribution in [3.63, 3.8) is 0 Å². The maximum atomic E-state index is 13.3. The zero-order valence-corrected chi connectivity index (χ0v) is 20.6. The molecule has 1 heterocycles. The van der Waals surface area contributed by atoms with E-state index in [1.165, 1.54) is 0 Å². The Bertz CT molecular complexity index is 1220. The molecular formula is C26H28F6N4O2. The number of nitrogens with one attached hydrogen (secondary N) is 2. The highest BCUT2D eigenvalue weighted by Gasteiger charge is 2.39. The molecule has 6 nitrogen and oxygen atoms in total. The Morgan fingerprint density at radius 3 is 2.24 bits per heavy atom. The highest BCUT2D eigenvalue weighted by Crippen LogP contribution is 2.44. The Hall–Kier alpha value is -3.12. The molecule has 0 aliphatic heterocycles. The van der Waals surface area contributed by atoms with Gasteiger partial charge in [-0.15, -0.1) is 0 Å². The number of halogens is 6. The molecule has 1 aliphatic carbocycles. The van der Waals surface area contributed by atoms with Crippen LogP contribution in [0.15, 0.2) is 53.3 Å². The molecule has 3 atom stereocenters. The second-order valence-corrected chi connectivity index (χ2v) is 9.69. The summed E-state index contributed by atoms with van der Waals surface area (Å²) in [5.74, 6) is 0.641. The topological polar surface area (TPSA) is 74.0 Å². The molecule has 1 fully saturated rings. The summed E-state index contributed by atoms with van der Waals surface area (Å²) < 4.78 is 85.6. The monoisotopic (exact) mass is 542 g/mol. The van der Waals surface area contributed by atoms with E-state index >= 15 is 0 Å². The van der Waals surface area contributed by atoms with Gasteiger partial charge < -0.3 is 4.74 Å². The summed E-state index contributed by atoms with van der Waals surface area (Å²) in [5.41, 5.74) is -2.24. The Balaban J connectivity index is 1.47. The van der Waals surface area contributed by atoms with Crippen molar-refractivity contribution in [3.05, 3.63) is 87.1 Å². The number of hydrogen-bond acceptors (Lipinski definition) is 4. The van der Waals surface area contributed by atoms with Gasteiger partial charge in [-0.25, -0.2) is 9.89 Å². The largest absolute Gasteiger partial charge is 0.416 e. The van der Waals surface area contributed by atoms with Crippen LogP contribution in [-0.4, -0.2) is 39.8 Å². The quantitative estimate of drug-likeness (QED) is 0.339. The van der Waals surface area contributed by atoms with Crippen molar-refractivity contribution in [1.82, 2.24) is 20.1 Å². The summed E-state index contributed by atoms with van der Waals surface area (Å²) in [4.78, 5) is 15.9. The Morgan fingerprint density at radius 1 is 1.00 bits per heavy atom. The zero-order chi connectivity index (χ0) is 27.5. The summed E-state index contributed by atoms with van der Waals surface area (Å²) in [6, 6.07) is 11.1. The first-order valence-electron chi connectivity index (χ1n) is 12.2. The summed E-state index contributed by atoms with van der Waals surface area (Å²) in [6.45, 7) is 0.775. The first kappa shape index (κ1) is 27.9. The molecule has 38 heavy (non-hydrogen) atoms. The lowest BCUT2D eigenvalue weighted by Gasteiger charge is -2.27. The van der Waals surface area contributed by atoms with E-state index in [-0.39, 0.29) is 41.9 Å². The molecule has 1 saturated carbocycles. The van der Waals surface area contributed by atoms with Crippen molar-refractivity contribution in [2.45, 2.75) is 56.8 Å². The number of H-pyrrole nitrogens is 2. The molecule has 1 aromatic heterocycles. The zero-order valence-electron chi connectivity index (χ0n) is 20.6. The van der Waals surface area contributed by atoms with Crippen LogP contribution in [-0.2, 0) is 30.2 Å². The van der Waals surface area contributed by atoms with E-state index in [4.69, 9.17) is 4.74 Å². The van der Waals surface area contributed by atoms with Gasteiger partial charge in [-0.2, -0.15) is 31.4 Å². The highest BCUT2D eigenvalue weighted by atomic mass is 19.4. The maximum Gasteiger partial charge on any atom is 0.416 e. The van der Waals surface area contributed by atoms with E-state index in [1.54, 1.807) is 0 Å². The summed E-state index contributed by atoms with van der Waals surface area (Å²) >= 11 is 0. The SMILES string of the molecule is CN(CC[C@@H]1CC[C@H](OCc2cc(C(F)(F)F)cc(C(F)(F)F)c2)[C@H]1c1ccccc1)Cc1n[nH]c(=O)[nH]1. The molecule has 0 unspecified atom stereocenters. The Kier molecular flexibility index (Phi) is 8.31. The number of aromatic amines is 2. The minimum Gasteiger partial charge on any atom is -0.373 e. The van der Waals surface area contributed by atoms with E-state index in [9.17, 15) is 31.1 Å². The molecular weight excluding hydrogens is 514 g/mol. The molecule has 4 rings (SSSR count). The van der Waals surface area contributed by atoms with Crippen LogP contribution in [0.4, 0.5) is 26.3 Å². The van der Waals surface area contributed by atoms with Gasteiger partial charge in [-0.05, 0) is 68.1 Å². The van der Waals surface area contributed by atoms with Gasteiger partial charge in [0.2, 0.25) is 0 Å². The average Bonchev–Trinajstić information content (AvgIpc) is 3.46. The number of rotatable bonds is 9. The summed E-state index contributed by atoms with van der Waals surface area (Å²) in [6.07, 6.45) is -7.96. The van der Waals surface area contributed by atoms with Crippen molar-refractivity contribution in [3.8, 4) is 0 Å². The third-order valence-electron chi connectivity index (χ3n) is 6.88. The van der Waals surface area contributed by atoms with Crippen LogP contribution in [0.25, 0.3) is 0 Å². The molecule has 206 valence electrons. The van der Waals surface area contributed by atoms with Crippen molar-refractivity contribution < 1.29 is 31.1 Å². The van der Waals surface area contributed by atoms with Crippen molar-refractivity contribution in [2.75, 3.05) is 13.6 Å². The second kappa shape index (κ2) is 11.3. The predicted molar refractivity (Wildman–Crippen MR) is 127 cm³/mol. The van der Waals surface area contributed by atoms with Gasteiger partial charge >= 0.3 is 18.0 Å². The standard InChI is InChI=1S/C26H28F6N4O2/c1-36(14-22-33-24(37)35-34-22)10-9-18-7-8-21(23(18)17-5-3-2-4-6-17)38-15-16-11-19(25(27,28)29)13-20(12-16)26(30,31)32/h2-6,11-13,18,21,23H,7-10,14-15H2,1H3,(H2,33,34,35,37)/t18-,21-,23-/m0/s1. The van der Waals surface area contributed by atoms with Gasteiger partial charge in [-0.3, -0.25) is 9.88 Å². The van der Waals surface area contributed by atoms with Crippen LogP contribution in [0.1, 0.15) is 53.3 Å². The maximum absolute atomic E-state index is 13.3. The molecule has 1 aliphatic rings. The van der Waals surface area contributed by atoms with Gasteiger partial charge in [0.1, 0.15) is 5.82 Å². The van der Waals surface area contributed by atoms with E-state index in [1.807, 2.05) is 42.3 Å². The van der Waals surface area contributed by atoms with Crippen LogP contribution in [0.3, 0.4) is 0 Å². The van der Waals surface area contributed by atoms with E-state index < -0.39 is 23.5 Å². The van der Waals surface area contributed by atoms with Crippen LogP contribution in [0, 0.1) is 5.92 Å². The third kappa shape index (κ3) is 7.04. The lowest BCUT2D eigenvalue weighted by molar-refractivity contribution is -0.143. The molecule has 0 spiro atoms. The lowest BCUT2D eigenvalue weighted by atomic mass is 9.85. The fourth-order valence-electron chi connectivity index (χ4n) is 5.12. The minimum atomic E-state index is -4.91. The van der Waals surface area contributed by atoms with Gasteiger partial charge in [0.05, 0.1) is 30.4 Å². The first-order chi connectivity index (χ1) is 17.9. The number of alkyl halides is 6. The lowest BCUT2D eigenvalue weighted by Crippen LogP contribution is -2.25. The van der Waals surface area contributed by atoms with E-state index in [0.29, 0.717) is 37.5 Å². The number of nitrogens with zero attached hydrogens (tertiary/aromatic N) is 2. The normalized spacial score (nSPS) is 20.4. The van der Waals surface area contributed by atoms with Crippen molar-refractivity contribution in [1.29, 1.82) is 0 Å². The Labute approximate surface area is 215 Å². The van der Waals surface area contributed by atoms with E-state index in [2.05, 4.69) is 15.2 Å². The highest BCUT2D eigenvalue weighted by molar-refractivity contribution is 5.33. The first-order valence-corrected chi connectivity index (χ1v) is 12.2. The van der Waals surface area contributed by atoms with Gasteiger partial charge in [-0.1, -0.05) is 30.3 Å². The fourth-order valence-corrected chi connectivity index (χ4v) is 5.12. The summed E-state index contributed by atoms with van der Waals surface area (Å²) in [5, 5.41) is 6.24. The third-order valence-corrected chi connectivity index (χ3v) is 6.88. The van der Waals surface area contributed by atoms with Gasteiger partial charge in [0.15, 0.2) is 0 Å². The molecule has 2 N–H and O–H groups in total. The number of benzene rings is 2. The Morgan fingerprint density at radius 2 is 1.66 bits per heavy atom. The number of aromatic nitrogens is 3. The van der Waals surface area contributed by atoms with Gasteiger partial charge in [0.25, 0.3) is 0 Å². The van der Waals surface area contributed by atoms with Crippen molar-refractivity contribution in [2.24, 2.45) is 5.92 Å². The predicted octanol–water partition coefficient (Wildman–Crippen LogP) is 5.74. The second-order valence-electron chi connectivity index (χ2n) is 9.69. The molecule has 0 amide bonds. The summed E-state index contributed by atoms with van der Waals surface area (Å²) in [7, 11) is 1.90. The van der Waals surface area contributed by atoms with Crippen LogP contribution in [0.5, 0.6) is 0 Å². The molecule has 0 radical (unpaired) electrons. The smallest absolute Gasteiger partial charge is 0.373 e. The molecule has 0 saturated heterocycles. The molecule has 12 heteroatoms. The fraction of sp³-hybridized carbons (Fsp3) is 0.462. The molecule has 0 bridgehead atoms. The number of hydrogen-bond donors (Lipinski definition) is 2. The van der Waals surface area contributed by atoms with Gasteiger partial charge in [0, 0.05) is 5.92 Å². The molecule has 2 aromatic carbocycles. The van der Waals surface area contributed by atoms with Crippen LogP contribution < -0.4 is 5.69 Å². The van der Waals surface area contributed by atoms with E-state index in [0.717, 1.165) is 18.4 Å². The van der Waals surface area contributed by atoms with Crippen LogP contribution >= 0.6 is 0 Å². The minimum absolute atomic E-state index is 0.0670. The van der Waals surface area contributed by atoms with Crippen LogP contribution in [0.2, 0.25) is 0 Å². The molecule has 3 aromatic rings. The number of ether oxygens (including phenoxy) is 1.